The van der Waals surface area contributed by atoms with E-state index in [9.17, 15) is 9.59 Å². The lowest BCUT2D eigenvalue weighted by molar-refractivity contribution is -0.142. The molecule has 0 fully saturated rings. The van der Waals surface area contributed by atoms with Crippen LogP contribution in [0.2, 0.25) is 0 Å². The number of methoxy groups -OCH3 is 1. The lowest BCUT2D eigenvalue weighted by Crippen LogP contribution is -2.30. The molecule has 1 N–H and O–H groups in total. The molecule has 0 radical (unpaired) electrons. The van der Waals surface area contributed by atoms with Gasteiger partial charge in [-0.15, -0.1) is 0 Å². The van der Waals surface area contributed by atoms with Crippen molar-refractivity contribution in [3.05, 3.63) is 35.4 Å². The second kappa shape index (κ2) is 8.47. The van der Waals surface area contributed by atoms with Crippen LogP contribution in [-0.4, -0.2) is 31.6 Å². The number of para-hydroxylation sites is 1. The SMILES string of the molecule is COC(=O)COc1ccccc1/C=C(/C#N)C(=O)NC(C)C. The smallest absolute Gasteiger partial charge is 0.343 e. The zero-order valence-corrected chi connectivity index (χ0v) is 12.8. The van der Waals surface area contributed by atoms with Crippen molar-refractivity contribution in [2.24, 2.45) is 0 Å². The average Bonchev–Trinajstić information content (AvgIpc) is 2.50. The van der Waals surface area contributed by atoms with Crippen LogP contribution in [0, 0.1) is 11.3 Å². The van der Waals surface area contributed by atoms with Crippen LogP contribution in [0.5, 0.6) is 5.75 Å². The molecule has 0 aromatic heterocycles. The van der Waals surface area contributed by atoms with Gasteiger partial charge < -0.3 is 14.8 Å². The van der Waals surface area contributed by atoms with E-state index in [-0.39, 0.29) is 18.2 Å². The summed E-state index contributed by atoms with van der Waals surface area (Å²) >= 11 is 0. The maximum atomic E-state index is 11.9. The molecule has 116 valence electrons. The minimum absolute atomic E-state index is 0.0391. The van der Waals surface area contributed by atoms with Crippen LogP contribution >= 0.6 is 0 Å². The number of carbonyl (C=O) groups excluding carboxylic acids is 2. The number of rotatable bonds is 6. The van der Waals surface area contributed by atoms with Gasteiger partial charge in [0, 0.05) is 11.6 Å². The van der Waals surface area contributed by atoms with Crippen molar-refractivity contribution in [3.8, 4) is 11.8 Å². The van der Waals surface area contributed by atoms with Crippen molar-refractivity contribution in [3.63, 3.8) is 0 Å². The topological polar surface area (TPSA) is 88.4 Å². The third-order valence-corrected chi connectivity index (χ3v) is 2.58. The van der Waals surface area contributed by atoms with Gasteiger partial charge in [-0.2, -0.15) is 5.26 Å². The maximum Gasteiger partial charge on any atom is 0.343 e. The highest BCUT2D eigenvalue weighted by Gasteiger charge is 2.12. The van der Waals surface area contributed by atoms with Crippen molar-refractivity contribution in [1.29, 1.82) is 5.26 Å². The van der Waals surface area contributed by atoms with Gasteiger partial charge >= 0.3 is 5.97 Å². The molecule has 0 saturated carbocycles. The van der Waals surface area contributed by atoms with Gasteiger partial charge in [0.15, 0.2) is 6.61 Å². The number of nitriles is 1. The molecule has 0 spiro atoms. The van der Waals surface area contributed by atoms with E-state index in [4.69, 9.17) is 10.00 Å². The molecule has 0 unspecified atom stereocenters. The Morgan fingerprint density at radius 2 is 2.05 bits per heavy atom. The van der Waals surface area contributed by atoms with Crippen LogP contribution in [0.25, 0.3) is 6.08 Å². The van der Waals surface area contributed by atoms with Crippen molar-refractivity contribution >= 4 is 18.0 Å². The minimum Gasteiger partial charge on any atom is -0.481 e. The number of hydrogen-bond donors (Lipinski definition) is 1. The Bertz CT molecular complexity index is 615. The Morgan fingerprint density at radius 3 is 2.64 bits per heavy atom. The van der Waals surface area contributed by atoms with Crippen molar-refractivity contribution in [2.75, 3.05) is 13.7 Å². The standard InChI is InChI=1S/C16H18N2O4/c1-11(2)18-16(20)13(9-17)8-12-6-4-5-7-14(12)22-10-15(19)21-3/h4-8,11H,10H2,1-3H3,(H,18,20)/b13-8-. The Labute approximate surface area is 129 Å². The number of ether oxygens (including phenoxy) is 2. The number of esters is 1. The molecule has 1 aromatic carbocycles. The fourth-order valence-corrected chi connectivity index (χ4v) is 1.57. The predicted octanol–water partition coefficient (Wildman–Crippen LogP) is 1.67. The van der Waals surface area contributed by atoms with Crippen LogP contribution in [0.3, 0.4) is 0 Å². The highest BCUT2D eigenvalue weighted by atomic mass is 16.6. The summed E-state index contributed by atoms with van der Waals surface area (Å²) in [5.41, 5.74) is 0.490. The highest BCUT2D eigenvalue weighted by Crippen LogP contribution is 2.21. The predicted molar refractivity (Wildman–Crippen MR) is 80.8 cm³/mol. The lowest BCUT2D eigenvalue weighted by Gasteiger charge is -2.09. The molecule has 0 aliphatic heterocycles. The van der Waals surface area contributed by atoms with Crippen molar-refractivity contribution < 1.29 is 19.1 Å². The molecule has 1 aromatic rings. The van der Waals surface area contributed by atoms with E-state index in [0.29, 0.717) is 11.3 Å². The van der Waals surface area contributed by atoms with E-state index in [1.165, 1.54) is 13.2 Å². The molecule has 0 atom stereocenters. The van der Waals surface area contributed by atoms with Crippen molar-refractivity contribution in [2.45, 2.75) is 19.9 Å². The summed E-state index contributed by atoms with van der Waals surface area (Å²) in [5.74, 6) is -0.588. The van der Waals surface area contributed by atoms with Crippen LogP contribution < -0.4 is 10.1 Å². The van der Waals surface area contributed by atoms with Gasteiger partial charge in [-0.3, -0.25) is 4.79 Å². The molecule has 0 bridgehead atoms. The molecule has 0 heterocycles. The van der Waals surface area contributed by atoms with Crippen molar-refractivity contribution in [1.82, 2.24) is 5.32 Å². The summed E-state index contributed by atoms with van der Waals surface area (Å²) in [6, 6.07) is 8.59. The third kappa shape index (κ3) is 5.29. The van der Waals surface area contributed by atoms with E-state index in [1.807, 2.05) is 6.07 Å². The van der Waals surface area contributed by atoms with Gasteiger partial charge in [-0.25, -0.2) is 4.79 Å². The average molecular weight is 302 g/mol. The number of benzene rings is 1. The zero-order chi connectivity index (χ0) is 16.5. The maximum absolute atomic E-state index is 11.9. The number of amides is 1. The van der Waals surface area contributed by atoms with Crippen LogP contribution in [0.4, 0.5) is 0 Å². The molecule has 0 aliphatic rings. The molecule has 0 saturated heterocycles. The largest absolute Gasteiger partial charge is 0.481 e. The summed E-state index contributed by atoms with van der Waals surface area (Å²) in [4.78, 5) is 23.0. The van der Waals surface area contributed by atoms with Gasteiger partial charge in [0.2, 0.25) is 0 Å². The first-order valence-electron chi connectivity index (χ1n) is 6.69. The lowest BCUT2D eigenvalue weighted by atomic mass is 10.1. The second-order valence-corrected chi connectivity index (χ2v) is 4.70. The Hall–Kier alpha value is -2.81. The first kappa shape index (κ1) is 17.2. The minimum atomic E-state index is -0.517. The molecule has 1 rings (SSSR count). The second-order valence-electron chi connectivity index (χ2n) is 4.70. The van der Waals surface area contributed by atoms with E-state index < -0.39 is 11.9 Å². The summed E-state index contributed by atoms with van der Waals surface area (Å²) < 4.78 is 9.84. The van der Waals surface area contributed by atoms with E-state index >= 15 is 0 Å². The van der Waals surface area contributed by atoms with Gasteiger partial charge in [-0.1, -0.05) is 18.2 Å². The fraction of sp³-hybridized carbons (Fsp3) is 0.312. The van der Waals surface area contributed by atoms with Crippen LogP contribution in [-0.2, 0) is 14.3 Å². The summed E-state index contributed by atoms with van der Waals surface area (Å²) in [6.07, 6.45) is 1.42. The first-order chi connectivity index (χ1) is 10.5. The summed E-state index contributed by atoms with van der Waals surface area (Å²) in [7, 11) is 1.27. The van der Waals surface area contributed by atoms with Gasteiger partial charge in [0.25, 0.3) is 5.91 Å². The Morgan fingerprint density at radius 1 is 1.36 bits per heavy atom. The number of nitrogens with zero attached hydrogens (tertiary/aromatic N) is 1. The van der Waals surface area contributed by atoms with Crippen LogP contribution in [0.1, 0.15) is 19.4 Å². The number of carbonyl (C=O) groups is 2. The van der Waals surface area contributed by atoms with Crippen LogP contribution in [0.15, 0.2) is 29.8 Å². The molecule has 6 heteroatoms. The normalized spacial score (nSPS) is 10.8. The first-order valence-corrected chi connectivity index (χ1v) is 6.69. The molecular formula is C16H18N2O4. The number of nitrogens with one attached hydrogen (secondary N) is 1. The van der Waals surface area contributed by atoms with Gasteiger partial charge in [-0.05, 0) is 26.0 Å². The molecule has 6 nitrogen and oxygen atoms in total. The summed E-state index contributed by atoms with van der Waals surface area (Å²) in [6.45, 7) is 3.36. The number of hydrogen-bond acceptors (Lipinski definition) is 5. The van der Waals surface area contributed by atoms with Gasteiger partial charge in [0.05, 0.1) is 7.11 Å². The van der Waals surface area contributed by atoms with E-state index in [0.717, 1.165) is 0 Å². The molecular weight excluding hydrogens is 284 g/mol. The zero-order valence-electron chi connectivity index (χ0n) is 12.8. The third-order valence-electron chi connectivity index (χ3n) is 2.58. The monoisotopic (exact) mass is 302 g/mol. The molecule has 1 amide bonds. The molecule has 0 aliphatic carbocycles. The summed E-state index contributed by atoms with van der Waals surface area (Å²) in [5, 5.41) is 11.8. The Kier molecular flexibility index (Phi) is 6.64. The van der Waals surface area contributed by atoms with E-state index in [1.54, 1.807) is 38.1 Å². The Balaban J connectivity index is 3.00. The molecule has 22 heavy (non-hydrogen) atoms. The highest BCUT2D eigenvalue weighted by molar-refractivity contribution is 6.02. The fourth-order valence-electron chi connectivity index (χ4n) is 1.57. The van der Waals surface area contributed by atoms with Gasteiger partial charge in [0.1, 0.15) is 17.4 Å². The quantitative estimate of drug-likeness (QED) is 0.490. The van der Waals surface area contributed by atoms with E-state index in [2.05, 4.69) is 10.1 Å².